The highest BCUT2D eigenvalue weighted by atomic mass is 127. The lowest BCUT2D eigenvalue weighted by Crippen LogP contribution is -2.37. The average Bonchev–Trinajstić information content (AvgIpc) is 2.63. The lowest BCUT2D eigenvalue weighted by Gasteiger charge is -2.27. The number of hydrogen-bond acceptors (Lipinski definition) is 4. The van der Waals surface area contributed by atoms with Gasteiger partial charge in [0.2, 0.25) is 0 Å². The number of pyridine rings is 1. The number of guanidine groups is 1. The number of anilines is 1. The maximum absolute atomic E-state index is 12.6. The van der Waals surface area contributed by atoms with Crippen LogP contribution < -0.4 is 11.1 Å². The first-order chi connectivity index (χ1) is 13.7. The SMILES string of the molecule is Cc1cccc(NC(N)=NCCCN(Cc2cccnc2)C(=O)OC(C)(C)C)c1.I. The van der Waals surface area contributed by atoms with E-state index in [0.717, 1.165) is 16.8 Å². The van der Waals surface area contributed by atoms with Crippen molar-refractivity contribution in [2.24, 2.45) is 10.7 Å². The van der Waals surface area contributed by atoms with Crippen molar-refractivity contribution in [2.45, 2.75) is 46.3 Å². The number of aryl methyl sites for hydroxylation is 1. The summed E-state index contributed by atoms with van der Waals surface area (Å²) < 4.78 is 5.53. The average molecular weight is 525 g/mol. The summed E-state index contributed by atoms with van der Waals surface area (Å²) in [7, 11) is 0. The number of carbonyl (C=O) groups is 1. The van der Waals surface area contributed by atoms with Crippen LogP contribution in [0.2, 0.25) is 0 Å². The molecule has 0 bridgehead atoms. The van der Waals surface area contributed by atoms with E-state index in [1.54, 1.807) is 17.3 Å². The number of nitrogens with two attached hydrogens (primary N) is 1. The number of aliphatic imine (C=N–C) groups is 1. The number of amides is 1. The number of hydrogen-bond donors (Lipinski definition) is 2. The van der Waals surface area contributed by atoms with Crippen LogP contribution in [0.15, 0.2) is 53.8 Å². The van der Waals surface area contributed by atoms with Gasteiger partial charge in [0, 0.05) is 31.2 Å². The lowest BCUT2D eigenvalue weighted by molar-refractivity contribution is 0.0232. The van der Waals surface area contributed by atoms with Crippen LogP contribution in [0.3, 0.4) is 0 Å². The van der Waals surface area contributed by atoms with Crippen LogP contribution in [-0.2, 0) is 11.3 Å². The largest absolute Gasteiger partial charge is 0.444 e. The predicted octanol–water partition coefficient (Wildman–Crippen LogP) is 4.56. The van der Waals surface area contributed by atoms with Gasteiger partial charge in [0.1, 0.15) is 5.60 Å². The molecule has 30 heavy (non-hydrogen) atoms. The van der Waals surface area contributed by atoms with Gasteiger partial charge in [-0.25, -0.2) is 4.79 Å². The number of benzene rings is 1. The van der Waals surface area contributed by atoms with E-state index in [-0.39, 0.29) is 30.1 Å². The minimum Gasteiger partial charge on any atom is -0.444 e. The third-order valence-electron chi connectivity index (χ3n) is 3.91. The highest BCUT2D eigenvalue weighted by molar-refractivity contribution is 14.0. The molecule has 2 aromatic rings. The Bertz CT molecular complexity index is 822. The Morgan fingerprint density at radius 2 is 2.03 bits per heavy atom. The molecule has 1 aromatic carbocycles. The van der Waals surface area contributed by atoms with Gasteiger partial charge < -0.3 is 20.7 Å². The standard InChI is InChI=1S/C22H31N5O2.HI/c1-17-8-5-10-19(14-17)26-20(23)25-12-7-13-27(21(28)29-22(2,3)4)16-18-9-6-11-24-15-18;/h5-6,8-11,14-15H,7,12-13,16H2,1-4H3,(H3,23,25,26);1H. The van der Waals surface area contributed by atoms with E-state index in [0.29, 0.717) is 32.0 Å². The third kappa shape index (κ3) is 9.91. The molecule has 0 aliphatic heterocycles. The lowest BCUT2D eigenvalue weighted by atomic mass is 10.2. The van der Waals surface area contributed by atoms with Gasteiger partial charge in [0.25, 0.3) is 0 Å². The summed E-state index contributed by atoms with van der Waals surface area (Å²) in [5.41, 5.74) is 8.41. The maximum Gasteiger partial charge on any atom is 0.410 e. The minimum absolute atomic E-state index is 0. The van der Waals surface area contributed by atoms with Gasteiger partial charge in [-0.15, -0.1) is 24.0 Å². The molecule has 0 spiro atoms. The zero-order valence-corrected chi connectivity index (χ0v) is 20.4. The van der Waals surface area contributed by atoms with E-state index in [1.807, 2.05) is 64.1 Å². The molecule has 1 aromatic heterocycles. The summed E-state index contributed by atoms with van der Waals surface area (Å²) >= 11 is 0. The van der Waals surface area contributed by atoms with Crippen molar-refractivity contribution in [1.29, 1.82) is 0 Å². The van der Waals surface area contributed by atoms with Crippen molar-refractivity contribution in [2.75, 3.05) is 18.4 Å². The summed E-state index contributed by atoms with van der Waals surface area (Å²) in [6, 6.07) is 11.7. The Labute approximate surface area is 196 Å². The molecular weight excluding hydrogens is 493 g/mol. The molecule has 164 valence electrons. The van der Waals surface area contributed by atoms with E-state index in [2.05, 4.69) is 15.3 Å². The van der Waals surface area contributed by atoms with Gasteiger partial charge in [0.05, 0.1) is 6.54 Å². The van der Waals surface area contributed by atoms with Crippen molar-refractivity contribution in [3.8, 4) is 0 Å². The fourth-order valence-electron chi connectivity index (χ4n) is 2.64. The van der Waals surface area contributed by atoms with Gasteiger partial charge in [-0.3, -0.25) is 9.98 Å². The first-order valence-electron chi connectivity index (χ1n) is 9.73. The molecule has 3 N–H and O–H groups in total. The van der Waals surface area contributed by atoms with Crippen LogP contribution in [0.1, 0.15) is 38.3 Å². The van der Waals surface area contributed by atoms with Gasteiger partial charge in [-0.1, -0.05) is 18.2 Å². The zero-order chi connectivity index (χ0) is 21.3. The predicted molar refractivity (Wildman–Crippen MR) is 132 cm³/mol. The fraction of sp³-hybridized carbons (Fsp3) is 0.409. The Morgan fingerprint density at radius 1 is 1.27 bits per heavy atom. The van der Waals surface area contributed by atoms with Gasteiger partial charge >= 0.3 is 6.09 Å². The summed E-state index contributed by atoms with van der Waals surface area (Å²) in [5.74, 6) is 0.353. The minimum atomic E-state index is -0.551. The number of ether oxygens (including phenoxy) is 1. The number of halogens is 1. The Morgan fingerprint density at radius 3 is 2.67 bits per heavy atom. The molecule has 0 atom stereocenters. The Balaban J connectivity index is 0.00000450. The van der Waals surface area contributed by atoms with Gasteiger partial charge in [-0.05, 0) is 63.4 Å². The smallest absolute Gasteiger partial charge is 0.410 e. The number of nitrogens with one attached hydrogen (secondary N) is 1. The molecule has 0 unspecified atom stereocenters. The summed E-state index contributed by atoms with van der Waals surface area (Å²) in [5, 5.41) is 3.08. The molecule has 1 amide bonds. The molecule has 0 saturated carbocycles. The second kappa shape index (κ2) is 12.4. The molecule has 0 saturated heterocycles. The Hall–Kier alpha value is -2.36. The van der Waals surface area contributed by atoms with Crippen LogP contribution in [-0.4, -0.2) is 40.6 Å². The first kappa shape index (κ1) is 25.7. The van der Waals surface area contributed by atoms with Crippen molar-refractivity contribution in [3.05, 3.63) is 59.9 Å². The maximum atomic E-state index is 12.6. The second-order valence-corrected chi connectivity index (χ2v) is 7.88. The summed E-state index contributed by atoms with van der Waals surface area (Å²) in [4.78, 5) is 22.7. The zero-order valence-electron chi connectivity index (χ0n) is 18.1. The second-order valence-electron chi connectivity index (χ2n) is 7.88. The molecular formula is C22H32IN5O2. The molecule has 0 aliphatic rings. The highest BCUT2D eigenvalue weighted by Crippen LogP contribution is 2.13. The van der Waals surface area contributed by atoms with Crippen molar-refractivity contribution < 1.29 is 9.53 Å². The van der Waals surface area contributed by atoms with Crippen LogP contribution in [0, 0.1) is 6.92 Å². The Kier molecular flexibility index (Phi) is 10.6. The van der Waals surface area contributed by atoms with Crippen molar-refractivity contribution in [1.82, 2.24) is 9.88 Å². The number of rotatable bonds is 7. The number of carbonyl (C=O) groups excluding carboxylic acids is 1. The topological polar surface area (TPSA) is 92.8 Å². The normalized spacial score (nSPS) is 11.4. The molecule has 0 aliphatic carbocycles. The molecule has 8 heteroatoms. The molecule has 7 nitrogen and oxygen atoms in total. The molecule has 2 rings (SSSR count). The van der Waals surface area contributed by atoms with E-state index in [4.69, 9.17) is 10.5 Å². The van der Waals surface area contributed by atoms with Gasteiger partial charge in [-0.2, -0.15) is 0 Å². The summed E-state index contributed by atoms with van der Waals surface area (Å²) in [6.45, 7) is 9.02. The van der Waals surface area contributed by atoms with E-state index in [1.165, 1.54) is 0 Å². The summed E-state index contributed by atoms with van der Waals surface area (Å²) in [6.07, 6.45) is 3.77. The van der Waals surface area contributed by atoms with Crippen LogP contribution >= 0.6 is 24.0 Å². The third-order valence-corrected chi connectivity index (χ3v) is 3.91. The monoisotopic (exact) mass is 525 g/mol. The van der Waals surface area contributed by atoms with E-state index >= 15 is 0 Å². The molecule has 0 radical (unpaired) electrons. The number of nitrogens with zero attached hydrogens (tertiary/aromatic N) is 3. The van der Waals surface area contributed by atoms with Crippen LogP contribution in [0.5, 0.6) is 0 Å². The fourth-order valence-corrected chi connectivity index (χ4v) is 2.64. The van der Waals surface area contributed by atoms with Crippen molar-refractivity contribution >= 4 is 41.7 Å². The molecule has 1 heterocycles. The first-order valence-corrected chi connectivity index (χ1v) is 9.73. The number of aromatic nitrogens is 1. The van der Waals surface area contributed by atoms with E-state index < -0.39 is 5.60 Å². The van der Waals surface area contributed by atoms with E-state index in [9.17, 15) is 4.79 Å². The molecule has 0 fully saturated rings. The highest BCUT2D eigenvalue weighted by Gasteiger charge is 2.22. The van der Waals surface area contributed by atoms with Crippen molar-refractivity contribution in [3.63, 3.8) is 0 Å². The quantitative estimate of drug-likeness (QED) is 0.239. The van der Waals surface area contributed by atoms with Crippen LogP contribution in [0.4, 0.5) is 10.5 Å². The van der Waals surface area contributed by atoms with Crippen LogP contribution in [0.25, 0.3) is 0 Å². The van der Waals surface area contributed by atoms with Gasteiger partial charge in [0.15, 0.2) is 5.96 Å².